The first-order valence-electron chi connectivity index (χ1n) is 5.88. The van der Waals surface area contributed by atoms with E-state index in [1.165, 1.54) is 13.8 Å². The highest BCUT2D eigenvalue weighted by molar-refractivity contribution is 6.67. The molecule has 0 atom stereocenters. The summed E-state index contributed by atoms with van der Waals surface area (Å²) >= 11 is 0. The molecular formula is C14H10BF5. The first-order chi connectivity index (χ1) is 9.31. The van der Waals surface area contributed by atoms with E-state index in [1.54, 1.807) is 0 Å². The molecular weight excluding hydrogens is 274 g/mol. The van der Waals surface area contributed by atoms with Gasteiger partial charge in [-0.3, -0.25) is 0 Å². The molecule has 0 aliphatic rings. The molecule has 2 rings (SSSR count). The van der Waals surface area contributed by atoms with Crippen LogP contribution in [0.5, 0.6) is 0 Å². The molecule has 0 aliphatic heterocycles. The second-order valence-electron chi connectivity index (χ2n) is 4.65. The van der Waals surface area contributed by atoms with Crippen molar-refractivity contribution in [1.82, 2.24) is 0 Å². The maximum atomic E-state index is 13.7. The number of hydrogen-bond acceptors (Lipinski definition) is 0. The van der Waals surface area contributed by atoms with Crippen molar-refractivity contribution in [3.8, 4) is 0 Å². The lowest BCUT2D eigenvalue weighted by atomic mass is 9.62. The van der Waals surface area contributed by atoms with Crippen molar-refractivity contribution < 1.29 is 22.0 Å². The normalized spacial score (nSPS) is 10.8. The summed E-state index contributed by atoms with van der Waals surface area (Å²) in [6, 6.07) is 2.65. The van der Waals surface area contributed by atoms with Crippen LogP contribution < -0.4 is 10.9 Å². The van der Waals surface area contributed by atoms with E-state index < -0.39 is 41.8 Å². The molecule has 0 N–H and O–H groups in total. The Balaban J connectivity index is 2.51. The zero-order valence-electron chi connectivity index (χ0n) is 10.8. The Morgan fingerprint density at radius 2 is 1.35 bits per heavy atom. The highest BCUT2D eigenvalue weighted by atomic mass is 19.2. The predicted molar refractivity (Wildman–Crippen MR) is 68.6 cm³/mol. The van der Waals surface area contributed by atoms with Gasteiger partial charge in [0, 0.05) is 6.07 Å². The summed E-state index contributed by atoms with van der Waals surface area (Å²) < 4.78 is 67.5. The van der Waals surface area contributed by atoms with Crippen molar-refractivity contribution in [3.63, 3.8) is 0 Å². The molecule has 0 saturated carbocycles. The van der Waals surface area contributed by atoms with Crippen LogP contribution in [-0.4, -0.2) is 7.28 Å². The fourth-order valence-corrected chi connectivity index (χ4v) is 1.96. The molecule has 0 aromatic heterocycles. The average Bonchev–Trinajstić information content (AvgIpc) is 2.38. The van der Waals surface area contributed by atoms with Gasteiger partial charge in [-0.1, -0.05) is 6.07 Å². The number of benzene rings is 2. The lowest BCUT2D eigenvalue weighted by molar-refractivity contribution is 0.497. The molecule has 0 amide bonds. The molecule has 0 spiro atoms. The minimum atomic E-state index is -1.34. The Bertz CT molecular complexity index is 682. The number of aryl methyl sites for hydroxylation is 2. The van der Waals surface area contributed by atoms with Crippen molar-refractivity contribution >= 4 is 18.2 Å². The quantitative estimate of drug-likeness (QED) is 0.451. The fourth-order valence-electron chi connectivity index (χ4n) is 1.96. The van der Waals surface area contributed by atoms with Crippen LogP contribution in [-0.2, 0) is 0 Å². The van der Waals surface area contributed by atoms with Gasteiger partial charge in [0.2, 0.25) is 7.28 Å². The highest BCUT2D eigenvalue weighted by Crippen LogP contribution is 2.12. The molecule has 0 radical (unpaired) electrons. The summed E-state index contributed by atoms with van der Waals surface area (Å²) in [6.07, 6.45) is 0. The molecule has 0 heterocycles. The monoisotopic (exact) mass is 284 g/mol. The third kappa shape index (κ3) is 2.55. The molecule has 0 fully saturated rings. The first-order valence-corrected chi connectivity index (χ1v) is 5.88. The van der Waals surface area contributed by atoms with Crippen LogP contribution in [0.15, 0.2) is 18.2 Å². The number of rotatable bonds is 2. The Kier molecular flexibility index (Phi) is 3.83. The number of halogens is 5. The SMILES string of the molecule is Cc1cc(Bc2c(F)cc(C)c(F)c2F)c(F)cc1F. The maximum absolute atomic E-state index is 13.7. The zero-order chi connectivity index (χ0) is 15.0. The largest absolute Gasteiger partial charge is 0.207 e. The van der Waals surface area contributed by atoms with Gasteiger partial charge in [-0.15, -0.1) is 0 Å². The van der Waals surface area contributed by atoms with Gasteiger partial charge in [0.25, 0.3) is 0 Å². The van der Waals surface area contributed by atoms with Gasteiger partial charge in [-0.2, -0.15) is 0 Å². The summed E-state index contributed by atoms with van der Waals surface area (Å²) in [5.74, 6) is -5.14. The Labute approximate surface area is 113 Å². The third-order valence-corrected chi connectivity index (χ3v) is 3.13. The van der Waals surface area contributed by atoms with E-state index >= 15 is 0 Å². The average molecular weight is 284 g/mol. The van der Waals surface area contributed by atoms with Crippen molar-refractivity contribution in [3.05, 3.63) is 58.4 Å². The van der Waals surface area contributed by atoms with Crippen LogP contribution in [0.1, 0.15) is 11.1 Å². The van der Waals surface area contributed by atoms with Gasteiger partial charge < -0.3 is 0 Å². The standard InChI is InChI=1S/C14H10BF5/c1-6-3-8(10(17)5-9(6)16)15-12-11(18)4-7(2)13(19)14(12)20/h3-5,15H,1-2H3. The molecule has 2 aromatic rings. The molecule has 0 aliphatic carbocycles. The van der Waals surface area contributed by atoms with E-state index in [0.29, 0.717) is 6.07 Å². The highest BCUT2D eigenvalue weighted by Gasteiger charge is 2.20. The van der Waals surface area contributed by atoms with Gasteiger partial charge in [-0.05, 0) is 42.0 Å². The first kappa shape index (κ1) is 14.6. The smallest absolute Gasteiger partial charge is 0.203 e. The molecule has 6 heteroatoms. The summed E-state index contributed by atoms with van der Waals surface area (Å²) in [5, 5.41) is 0. The van der Waals surface area contributed by atoms with Gasteiger partial charge in [0.1, 0.15) is 17.5 Å². The number of hydrogen-bond donors (Lipinski definition) is 0. The van der Waals surface area contributed by atoms with E-state index in [9.17, 15) is 22.0 Å². The lowest BCUT2D eigenvalue weighted by Crippen LogP contribution is -2.35. The molecule has 0 bridgehead atoms. The summed E-state index contributed by atoms with van der Waals surface area (Å²) in [7, 11) is -0.484. The van der Waals surface area contributed by atoms with Gasteiger partial charge in [0.15, 0.2) is 11.6 Å². The minimum absolute atomic E-state index is 0.0926. The van der Waals surface area contributed by atoms with E-state index in [-0.39, 0.29) is 16.6 Å². The van der Waals surface area contributed by atoms with Crippen molar-refractivity contribution in [1.29, 1.82) is 0 Å². The van der Waals surface area contributed by atoms with Crippen LogP contribution in [0.25, 0.3) is 0 Å². The lowest BCUT2D eigenvalue weighted by Gasteiger charge is -2.09. The van der Waals surface area contributed by atoms with Gasteiger partial charge >= 0.3 is 0 Å². The topological polar surface area (TPSA) is 0 Å². The van der Waals surface area contributed by atoms with Crippen LogP contribution >= 0.6 is 0 Å². The second-order valence-corrected chi connectivity index (χ2v) is 4.65. The van der Waals surface area contributed by atoms with Crippen molar-refractivity contribution in [2.45, 2.75) is 13.8 Å². The molecule has 104 valence electrons. The van der Waals surface area contributed by atoms with Gasteiger partial charge in [-0.25, -0.2) is 22.0 Å². The van der Waals surface area contributed by atoms with Crippen molar-refractivity contribution in [2.75, 3.05) is 0 Å². The molecule has 2 aromatic carbocycles. The molecule has 0 unspecified atom stereocenters. The van der Waals surface area contributed by atoms with Crippen LogP contribution in [0.4, 0.5) is 22.0 Å². The maximum Gasteiger partial charge on any atom is 0.203 e. The predicted octanol–water partition coefficient (Wildman–Crippen LogP) is 2.39. The van der Waals surface area contributed by atoms with Crippen LogP contribution in [0, 0.1) is 42.9 Å². The van der Waals surface area contributed by atoms with Crippen LogP contribution in [0.3, 0.4) is 0 Å². The summed E-state index contributed by atoms with van der Waals surface area (Å²) in [6.45, 7) is 2.63. The zero-order valence-corrected chi connectivity index (χ0v) is 10.8. The van der Waals surface area contributed by atoms with Crippen molar-refractivity contribution in [2.24, 2.45) is 0 Å². The third-order valence-electron chi connectivity index (χ3n) is 3.13. The minimum Gasteiger partial charge on any atom is -0.207 e. The molecule has 0 nitrogen and oxygen atoms in total. The summed E-state index contributed by atoms with van der Waals surface area (Å²) in [5.41, 5.74) is -0.683. The summed E-state index contributed by atoms with van der Waals surface area (Å²) in [4.78, 5) is 0. The molecule has 0 saturated heterocycles. The fraction of sp³-hybridized carbons (Fsp3) is 0.143. The Hall–Kier alpha value is -1.85. The second kappa shape index (κ2) is 5.27. The van der Waals surface area contributed by atoms with E-state index in [0.717, 1.165) is 12.1 Å². The van der Waals surface area contributed by atoms with E-state index in [4.69, 9.17) is 0 Å². The Morgan fingerprint density at radius 3 is 2.00 bits per heavy atom. The van der Waals surface area contributed by atoms with Crippen LogP contribution in [0.2, 0.25) is 0 Å². The van der Waals surface area contributed by atoms with E-state index in [2.05, 4.69) is 0 Å². The Morgan fingerprint density at radius 1 is 0.700 bits per heavy atom. The molecule has 20 heavy (non-hydrogen) atoms. The van der Waals surface area contributed by atoms with Gasteiger partial charge in [0.05, 0.1) is 0 Å². The van der Waals surface area contributed by atoms with E-state index in [1.807, 2.05) is 0 Å².